The third-order valence-electron chi connectivity index (χ3n) is 6.60. The highest BCUT2D eigenvalue weighted by Crippen LogP contribution is 2.35. The highest BCUT2D eigenvalue weighted by atomic mass is 127. The van der Waals surface area contributed by atoms with Gasteiger partial charge in [0.15, 0.2) is 16.3 Å². The van der Waals surface area contributed by atoms with Crippen LogP contribution in [-0.2, 0) is 16.1 Å². The first-order chi connectivity index (χ1) is 21.2. The van der Waals surface area contributed by atoms with Crippen molar-refractivity contribution in [2.75, 3.05) is 20.3 Å². The van der Waals surface area contributed by atoms with Crippen molar-refractivity contribution in [2.24, 2.45) is 4.99 Å². The van der Waals surface area contributed by atoms with E-state index in [4.69, 9.17) is 30.5 Å². The molecule has 1 aromatic heterocycles. The molecule has 44 heavy (non-hydrogen) atoms. The molecule has 0 saturated heterocycles. The summed E-state index contributed by atoms with van der Waals surface area (Å²) < 4.78 is 26.6. The minimum absolute atomic E-state index is 0.239. The summed E-state index contributed by atoms with van der Waals surface area (Å²) in [6.45, 7) is 5.04. The van der Waals surface area contributed by atoms with Crippen LogP contribution >= 0.6 is 68.1 Å². The van der Waals surface area contributed by atoms with E-state index in [0.717, 1.165) is 24.0 Å². The Morgan fingerprint density at radius 2 is 1.75 bits per heavy atom. The second-order valence-electron chi connectivity index (χ2n) is 9.48. The number of esters is 1. The molecule has 0 amide bonds. The van der Waals surface area contributed by atoms with Gasteiger partial charge in [0.2, 0.25) is 0 Å². The second-order valence-corrected chi connectivity index (χ2v) is 13.3. The molecule has 1 atom stereocenters. The quantitative estimate of drug-likeness (QED) is 0.139. The second kappa shape index (κ2) is 14.5. The highest BCUT2D eigenvalue weighted by molar-refractivity contribution is 14.1. The lowest BCUT2D eigenvalue weighted by atomic mass is 9.97. The van der Waals surface area contributed by atoms with Crippen molar-refractivity contribution < 1.29 is 23.7 Å². The van der Waals surface area contributed by atoms with Crippen molar-refractivity contribution in [3.8, 4) is 17.2 Å². The number of carbonyl (C=O) groups is 1. The first-order valence-electron chi connectivity index (χ1n) is 13.6. The summed E-state index contributed by atoms with van der Waals surface area (Å²) in [7, 11) is 1.31. The molecular weight excluding hydrogens is 830 g/mol. The van der Waals surface area contributed by atoms with Crippen LogP contribution in [0.3, 0.4) is 0 Å². The maximum absolute atomic E-state index is 14.0. The summed E-state index contributed by atoms with van der Waals surface area (Å²) in [4.78, 5) is 31.8. The minimum atomic E-state index is -0.765. The van der Waals surface area contributed by atoms with Crippen LogP contribution in [0, 0.1) is 7.14 Å². The van der Waals surface area contributed by atoms with Crippen LogP contribution < -0.4 is 29.1 Å². The van der Waals surface area contributed by atoms with Gasteiger partial charge in [0, 0.05) is 11.2 Å². The number of hydrogen-bond donors (Lipinski definition) is 0. The molecule has 3 aromatic carbocycles. The predicted octanol–water partition coefficient (Wildman–Crippen LogP) is 6.26. The van der Waals surface area contributed by atoms with Crippen molar-refractivity contribution in [3.63, 3.8) is 0 Å². The van der Waals surface area contributed by atoms with Crippen LogP contribution in [0.1, 0.15) is 36.6 Å². The lowest BCUT2D eigenvalue weighted by Gasteiger charge is -2.23. The van der Waals surface area contributed by atoms with Crippen molar-refractivity contribution in [2.45, 2.75) is 26.5 Å². The number of aromatic nitrogens is 1. The Balaban J connectivity index is 1.54. The maximum atomic E-state index is 14.0. The van der Waals surface area contributed by atoms with Gasteiger partial charge >= 0.3 is 5.97 Å². The summed E-state index contributed by atoms with van der Waals surface area (Å²) in [5.41, 5.74) is 2.44. The van der Waals surface area contributed by atoms with Crippen LogP contribution in [0.15, 0.2) is 76.2 Å². The molecule has 0 spiro atoms. The van der Waals surface area contributed by atoms with E-state index in [1.807, 2.05) is 62.4 Å². The molecule has 2 heterocycles. The van der Waals surface area contributed by atoms with Gasteiger partial charge in [-0.25, -0.2) is 9.79 Å². The van der Waals surface area contributed by atoms with E-state index in [0.29, 0.717) is 51.2 Å². The molecule has 228 valence electrons. The van der Waals surface area contributed by atoms with Crippen LogP contribution in [0.5, 0.6) is 17.2 Å². The Morgan fingerprint density at radius 3 is 2.43 bits per heavy atom. The lowest BCUT2D eigenvalue weighted by molar-refractivity contribution is -0.136. The number of hydrogen-bond acceptors (Lipinski definition) is 8. The van der Waals surface area contributed by atoms with E-state index in [2.05, 4.69) is 50.2 Å². The van der Waals surface area contributed by atoms with Crippen LogP contribution in [0.25, 0.3) is 6.08 Å². The summed E-state index contributed by atoms with van der Waals surface area (Å²) in [6.07, 6.45) is 3.30. The molecular formula is C32H27ClI2N2O6S. The number of carbonyl (C=O) groups excluding carboxylic acids is 1. The van der Waals surface area contributed by atoms with E-state index >= 15 is 0 Å². The zero-order valence-electron chi connectivity index (χ0n) is 23.9. The van der Waals surface area contributed by atoms with Gasteiger partial charge in [-0.15, -0.1) is 0 Å². The number of benzene rings is 3. The number of thiazole rings is 1. The normalized spacial score (nSPS) is 14.4. The average Bonchev–Trinajstić information content (AvgIpc) is 3.31. The molecule has 0 saturated carbocycles. The SMILES string of the molecule is CCOc1ccc([C@@H]2C(C(=O)OC)=CN=c3s/c(=C/c4cc(I)c(OCc5cccc(Cl)c5)c(I)c4)c(=O)n32)cc1OCC. The van der Waals surface area contributed by atoms with Gasteiger partial charge in [0.1, 0.15) is 12.4 Å². The van der Waals surface area contributed by atoms with Crippen molar-refractivity contribution in [3.05, 3.63) is 115 Å². The molecule has 0 fully saturated rings. The number of methoxy groups -OCH3 is 1. The molecule has 12 heteroatoms. The standard InChI is InChI=1S/C32H27ClI2N2O6S/c1-4-41-25-10-9-20(15-26(25)42-5-2)28-22(31(39)40-3)16-36-32-37(28)30(38)27(44-32)14-19-12-23(34)29(24(35)13-19)43-17-18-7-6-8-21(33)11-18/h6-16,28H,4-5,17H2,1-3H3/b27-14+/t28-/m1/s1. The van der Waals surface area contributed by atoms with Gasteiger partial charge in [0.25, 0.3) is 5.56 Å². The minimum Gasteiger partial charge on any atom is -0.490 e. The fraction of sp³-hybridized carbons (Fsp3) is 0.219. The Labute approximate surface area is 290 Å². The molecule has 0 radical (unpaired) electrons. The van der Waals surface area contributed by atoms with Gasteiger partial charge < -0.3 is 18.9 Å². The zero-order chi connectivity index (χ0) is 31.4. The van der Waals surface area contributed by atoms with E-state index < -0.39 is 12.0 Å². The van der Waals surface area contributed by atoms with Crippen molar-refractivity contribution >= 4 is 80.2 Å². The maximum Gasteiger partial charge on any atom is 0.337 e. The van der Waals surface area contributed by atoms with Gasteiger partial charge in [-0.2, -0.15) is 0 Å². The topological polar surface area (TPSA) is 88.4 Å². The van der Waals surface area contributed by atoms with Gasteiger partial charge in [-0.3, -0.25) is 9.36 Å². The lowest BCUT2D eigenvalue weighted by Crippen LogP contribution is -2.39. The summed E-state index contributed by atoms with van der Waals surface area (Å²) >= 11 is 11.8. The van der Waals surface area contributed by atoms with E-state index in [9.17, 15) is 9.59 Å². The molecule has 0 bridgehead atoms. The number of ether oxygens (including phenoxy) is 4. The van der Waals surface area contributed by atoms with E-state index in [1.165, 1.54) is 29.2 Å². The van der Waals surface area contributed by atoms with E-state index in [-0.39, 0.29) is 11.1 Å². The fourth-order valence-electron chi connectivity index (χ4n) is 4.72. The number of fused-ring (bicyclic) bond motifs is 1. The number of nitrogens with zero attached hydrogens (tertiary/aromatic N) is 2. The molecule has 4 aromatic rings. The summed E-state index contributed by atoms with van der Waals surface area (Å²) in [6, 6.07) is 16.1. The van der Waals surface area contributed by atoms with E-state index in [1.54, 1.807) is 12.1 Å². The van der Waals surface area contributed by atoms with Crippen LogP contribution in [0.4, 0.5) is 0 Å². The van der Waals surface area contributed by atoms with Crippen molar-refractivity contribution in [1.29, 1.82) is 0 Å². The Hall–Kier alpha value is -2.88. The molecule has 0 N–H and O–H groups in total. The summed E-state index contributed by atoms with van der Waals surface area (Å²) in [5.74, 6) is 1.29. The molecule has 5 rings (SSSR count). The smallest absolute Gasteiger partial charge is 0.337 e. The Morgan fingerprint density at radius 1 is 1.02 bits per heavy atom. The predicted molar refractivity (Wildman–Crippen MR) is 188 cm³/mol. The van der Waals surface area contributed by atoms with Gasteiger partial charge in [-0.1, -0.05) is 41.1 Å². The third kappa shape index (κ3) is 7.00. The zero-order valence-corrected chi connectivity index (χ0v) is 29.8. The first kappa shape index (κ1) is 32.5. The van der Waals surface area contributed by atoms with Crippen LogP contribution in [0.2, 0.25) is 5.02 Å². The van der Waals surface area contributed by atoms with Gasteiger partial charge in [-0.05, 0) is 118 Å². The Kier molecular flexibility index (Phi) is 10.7. The number of rotatable bonds is 10. The Bertz CT molecular complexity index is 1910. The molecule has 0 aliphatic carbocycles. The van der Waals surface area contributed by atoms with Crippen LogP contribution in [-0.4, -0.2) is 30.9 Å². The number of halogens is 3. The fourth-order valence-corrected chi connectivity index (χ4v) is 8.03. The molecule has 1 aliphatic rings. The first-order valence-corrected chi connectivity index (χ1v) is 16.9. The third-order valence-corrected chi connectivity index (χ3v) is 9.43. The molecule has 8 nitrogen and oxygen atoms in total. The summed E-state index contributed by atoms with van der Waals surface area (Å²) in [5, 5.41) is 0.658. The van der Waals surface area contributed by atoms with Gasteiger partial charge in [0.05, 0.1) is 43.6 Å². The molecule has 0 unspecified atom stereocenters. The molecule has 1 aliphatic heterocycles. The van der Waals surface area contributed by atoms with Crippen molar-refractivity contribution in [1.82, 2.24) is 4.57 Å². The highest BCUT2D eigenvalue weighted by Gasteiger charge is 2.31. The average molecular weight is 857 g/mol. The largest absolute Gasteiger partial charge is 0.490 e. The monoisotopic (exact) mass is 856 g/mol.